The molecule has 4 rings (SSSR count). The van der Waals surface area contributed by atoms with Gasteiger partial charge in [-0.05, 0) is 49.0 Å². The van der Waals surface area contributed by atoms with Gasteiger partial charge in [-0.2, -0.15) is 0 Å². The van der Waals surface area contributed by atoms with Gasteiger partial charge in [-0.25, -0.2) is 0 Å². The van der Waals surface area contributed by atoms with Crippen molar-refractivity contribution in [2.75, 3.05) is 10.6 Å². The first-order valence-corrected chi connectivity index (χ1v) is 11.5. The molecule has 1 heterocycles. The van der Waals surface area contributed by atoms with Crippen LogP contribution in [0, 0.1) is 6.92 Å². The van der Waals surface area contributed by atoms with Crippen LogP contribution in [0.2, 0.25) is 0 Å². The van der Waals surface area contributed by atoms with Crippen molar-refractivity contribution in [1.82, 2.24) is 10.2 Å². The van der Waals surface area contributed by atoms with E-state index in [1.54, 1.807) is 24.3 Å². The van der Waals surface area contributed by atoms with E-state index in [4.69, 9.17) is 22.7 Å². The average molecular weight is 484 g/mol. The molecule has 0 aliphatic rings. The summed E-state index contributed by atoms with van der Waals surface area (Å²) in [7, 11) is 0. The Morgan fingerprint density at radius 2 is 1.63 bits per heavy atom. The van der Waals surface area contributed by atoms with Crippen LogP contribution in [-0.4, -0.2) is 21.3 Å². The number of thiocarbonyl (C=S) groups is 1. The number of carbonyl (C=O) groups excluding carboxylic acids is 1. The van der Waals surface area contributed by atoms with Gasteiger partial charge in [0.05, 0.1) is 17.8 Å². The summed E-state index contributed by atoms with van der Waals surface area (Å²) >= 11 is 5.41. The van der Waals surface area contributed by atoms with Crippen molar-refractivity contribution >= 4 is 34.8 Å². The molecular weight excluding hydrogens is 458 g/mol. The van der Waals surface area contributed by atoms with Gasteiger partial charge in [0, 0.05) is 11.6 Å². The van der Waals surface area contributed by atoms with E-state index in [0.717, 1.165) is 22.4 Å². The van der Waals surface area contributed by atoms with E-state index in [9.17, 15) is 4.79 Å². The molecule has 0 fully saturated rings. The summed E-state index contributed by atoms with van der Waals surface area (Å²) in [6.45, 7) is 2.00. The average Bonchev–Trinajstić information content (AvgIpc) is 2.86. The largest absolute Gasteiger partial charge is 0.424 e. The smallest absolute Gasteiger partial charge is 0.313 e. The minimum Gasteiger partial charge on any atom is -0.424 e. The molecule has 0 bridgehead atoms. The number of nitrogens with zero attached hydrogens (tertiary/aromatic N) is 2. The van der Waals surface area contributed by atoms with Crippen LogP contribution in [-0.2, 0) is 4.79 Å². The molecule has 35 heavy (non-hydrogen) atoms. The predicted octanol–water partition coefficient (Wildman–Crippen LogP) is 5.26. The number of esters is 1. The number of aromatic nitrogens is 2. The van der Waals surface area contributed by atoms with E-state index in [0.29, 0.717) is 17.3 Å². The van der Waals surface area contributed by atoms with Gasteiger partial charge in [0.15, 0.2) is 16.7 Å². The zero-order chi connectivity index (χ0) is 24.6. The number of para-hydroxylation sites is 2. The number of hydrogen-bond acceptors (Lipinski definition) is 6. The van der Waals surface area contributed by atoms with Gasteiger partial charge in [0.1, 0.15) is 0 Å². The van der Waals surface area contributed by atoms with Crippen molar-refractivity contribution in [3.63, 3.8) is 0 Å². The maximum atomic E-state index is 12.5. The van der Waals surface area contributed by atoms with Gasteiger partial charge in [-0.3, -0.25) is 4.79 Å². The summed E-state index contributed by atoms with van der Waals surface area (Å²) in [5, 5.41) is 14.8. The molecule has 0 saturated heterocycles. The lowest BCUT2D eigenvalue weighted by atomic mass is 10.0. The fourth-order valence-corrected chi connectivity index (χ4v) is 3.58. The van der Waals surface area contributed by atoms with Gasteiger partial charge < -0.3 is 21.1 Å². The van der Waals surface area contributed by atoms with Crippen molar-refractivity contribution in [2.45, 2.75) is 19.4 Å². The maximum Gasteiger partial charge on any atom is 0.313 e. The van der Waals surface area contributed by atoms with Crippen LogP contribution in [0.25, 0.3) is 11.3 Å². The fraction of sp³-hybridized carbons (Fsp3) is 0.111. The lowest BCUT2D eigenvalue weighted by molar-refractivity contribution is -0.134. The van der Waals surface area contributed by atoms with Gasteiger partial charge >= 0.3 is 5.97 Å². The molecule has 3 aromatic carbocycles. The molecule has 176 valence electrons. The highest BCUT2D eigenvalue weighted by Crippen LogP contribution is 2.26. The summed E-state index contributed by atoms with van der Waals surface area (Å²) in [6.07, 6.45) is 0.0451. The molecule has 0 spiro atoms. The highest BCUT2D eigenvalue weighted by atomic mass is 32.1. The SMILES string of the molecule is Cc1ccc(C(N)CC(=O)Oc2ccccc2NC(=S)Nc2ccc(-c3ccccc3)nn2)cc1. The third-order valence-electron chi connectivity index (χ3n) is 5.23. The highest BCUT2D eigenvalue weighted by molar-refractivity contribution is 7.80. The number of benzene rings is 3. The normalized spacial score (nSPS) is 11.4. The lowest BCUT2D eigenvalue weighted by Crippen LogP contribution is -2.22. The van der Waals surface area contributed by atoms with Crippen LogP contribution < -0.4 is 21.1 Å². The Kier molecular flexibility index (Phi) is 7.77. The topological polar surface area (TPSA) is 102 Å². The van der Waals surface area contributed by atoms with E-state index >= 15 is 0 Å². The van der Waals surface area contributed by atoms with Crippen molar-refractivity contribution in [2.24, 2.45) is 5.73 Å². The first kappa shape index (κ1) is 24.0. The number of hydrogen-bond donors (Lipinski definition) is 3. The molecule has 8 heteroatoms. The number of rotatable bonds is 7. The summed E-state index contributed by atoms with van der Waals surface area (Å²) in [6, 6.07) is 27.8. The molecular formula is C27H25N5O2S. The van der Waals surface area contributed by atoms with Gasteiger partial charge in [-0.15, -0.1) is 10.2 Å². The zero-order valence-corrected chi connectivity index (χ0v) is 20.0. The molecule has 0 amide bonds. The number of aryl methyl sites for hydroxylation is 1. The van der Waals surface area contributed by atoms with Crippen LogP contribution in [0.4, 0.5) is 11.5 Å². The molecule has 0 aliphatic heterocycles. The first-order chi connectivity index (χ1) is 17.0. The Morgan fingerprint density at radius 3 is 2.34 bits per heavy atom. The molecule has 0 aliphatic carbocycles. The van der Waals surface area contributed by atoms with E-state index in [2.05, 4.69) is 20.8 Å². The molecule has 1 unspecified atom stereocenters. The summed E-state index contributed by atoms with van der Waals surface area (Å²) in [4.78, 5) is 12.5. The zero-order valence-electron chi connectivity index (χ0n) is 19.1. The number of nitrogens with two attached hydrogens (primary N) is 1. The van der Waals surface area contributed by atoms with Crippen LogP contribution in [0.5, 0.6) is 5.75 Å². The molecule has 1 atom stereocenters. The van der Waals surface area contributed by atoms with E-state index in [-0.39, 0.29) is 11.5 Å². The van der Waals surface area contributed by atoms with Crippen LogP contribution >= 0.6 is 12.2 Å². The summed E-state index contributed by atoms with van der Waals surface area (Å²) < 4.78 is 5.58. The Balaban J connectivity index is 1.35. The Morgan fingerprint density at radius 1 is 0.914 bits per heavy atom. The number of anilines is 2. The minimum absolute atomic E-state index is 0.0451. The number of carbonyl (C=O) groups is 1. The second kappa shape index (κ2) is 11.3. The highest BCUT2D eigenvalue weighted by Gasteiger charge is 2.16. The molecule has 1 aromatic heterocycles. The second-order valence-electron chi connectivity index (χ2n) is 7.94. The minimum atomic E-state index is -0.455. The van der Waals surface area contributed by atoms with E-state index < -0.39 is 12.0 Å². The van der Waals surface area contributed by atoms with Crippen molar-refractivity contribution in [3.05, 3.63) is 102 Å². The predicted molar refractivity (Wildman–Crippen MR) is 142 cm³/mol. The standard InChI is InChI=1S/C27H25N5O2S/c1-18-11-13-19(14-12-18)21(28)17-26(33)34-24-10-6-5-9-23(24)29-27(35)30-25-16-15-22(31-32-25)20-7-3-2-4-8-20/h2-16,21H,17,28H2,1H3,(H2,29,30,32,35). The first-order valence-electron chi connectivity index (χ1n) is 11.1. The van der Waals surface area contributed by atoms with Gasteiger partial charge in [0.2, 0.25) is 0 Å². The Hall–Kier alpha value is -4.14. The molecule has 0 saturated carbocycles. The quantitative estimate of drug-likeness (QED) is 0.186. The van der Waals surface area contributed by atoms with Gasteiger partial charge in [-0.1, -0.05) is 72.3 Å². The van der Waals surface area contributed by atoms with E-state index in [1.165, 1.54) is 0 Å². The Labute approximate surface area is 209 Å². The van der Waals surface area contributed by atoms with Crippen molar-refractivity contribution in [1.29, 1.82) is 0 Å². The number of ether oxygens (including phenoxy) is 1. The monoisotopic (exact) mass is 483 g/mol. The van der Waals surface area contributed by atoms with Crippen molar-refractivity contribution < 1.29 is 9.53 Å². The molecule has 0 radical (unpaired) electrons. The third-order valence-corrected chi connectivity index (χ3v) is 5.43. The summed E-state index contributed by atoms with van der Waals surface area (Å²) in [5.41, 5.74) is 10.5. The van der Waals surface area contributed by atoms with E-state index in [1.807, 2.05) is 73.7 Å². The van der Waals surface area contributed by atoms with Crippen LogP contribution in [0.1, 0.15) is 23.6 Å². The van der Waals surface area contributed by atoms with Crippen LogP contribution in [0.3, 0.4) is 0 Å². The van der Waals surface area contributed by atoms with Gasteiger partial charge in [0.25, 0.3) is 0 Å². The second-order valence-corrected chi connectivity index (χ2v) is 8.35. The van der Waals surface area contributed by atoms with Crippen molar-refractivity contribution in [3.8, 4) is 17.0 Å². The number of nitrogens with one attached hydrogen (secondary N) is 2. The molecule has 4 N–H and O–H groups in total. The molecule has 4 aromatic rings. The fourth-order valence-electron chi connectivity index (χ4n) is 3.37. The summed E-state index contributed by atoms with van der Waals surface area (Å²) in [5.74, 6) is 0.401. The van der Waals surface area contributed by atoms with Crippen LogP contribution in [0.15, 0.2) is 91.0 Å². The maximum absolute atomic E-state index is 12.5. The lowest BCUT2D eigenvalue weighted by Gasteiger charge is -2.15. The molecule has 7 nitrogen and oxygen atoms in total. The Bertz CT molecular complexity index is 1300. The third kappa shape index (κ3) is 6.69.